The zero-order valence-electron chi connectivity index (χ0n) is 9.81. The van der Waals surface area contributed by atoms with Gasteiger partial charge >= 0.3 is 0 Å². The molecule has 0 bridgehead atoms. The predicted molar refractivity (Wildman–Crippen MR) is 71.2 cm³/mol. The Morgan fingerprint density at radius 1 is 0.778 bits per heavy atom. The Labute approximate surface area is 104 Å². The highest BCUT2D eigenvalue weighted by Crippen LogP contribution is 2.37. The van der Waals surface area contributed by atoms with Crippen LogP contribution in [0.5, 0.6) is 17.2 Å². The molecular weight excluding hydrogens is 228 g/mol. The van der Waals surface area contributed by atoms with Crippen molar-refractivity contribution in [2.45, 2.75) is 6.92 Å². The monoisotopic (exact) mass is 240 g/mol. The molecule has 18 heavy (non-hydrogen) atoms. The summed E-state index contributed by atoms with van der Waals surface area (Å²) in [6.45, 7) is 1.67. The van der Waals surface area contributed by atoms with E-state index < -0.39 is 0 Å². The number of phenols is 3. The second kappa shape index (κ2) is 3.53. The Kier molecular flexibility index (Phi) is 2.10. The first-order chi connectivity index (χ1) is 8.56. The van der Waals surface area contributed by atoms with E-state index in [0.717, 1.165) is 16.2 Å². The lowest BCUT2D eigenvalue weighted by Gasteiger charge is -2.08. The van der Waals surface area contributed by atoms with Gasteiger partial charge in [0.1, 0.15) is 17.2 Å². The van der Waals surface area contributed by atoms with Gasteiger partial charge in [0.15, 0.2) is 0 Å². The van der Waals surface area contributed by atoms with Gasteiger partial charge in [0, 0.05) is 10.9 Å². The lowest BCUT2D eigenvalue weighted by atomic mass is 10.00. The molecule has 0 fully saturated rings. The number of rotatable bonds is 0. The molecule has 3 rings (SSSR count). The summed E-state index contributed by atoms with van der Waals surface area (Å²) < 4.78 is 0. The van der Waals surface area contributed by atoms with Crippen molar-refractivity contribution in [3.63, 3.8) is 0 Å². The van der Waals surface area contributed by atoms with Crippen molar-refractivity contribution in [2.24, 2.45) is 0 Å². The molecule has 90 valence electrons. The highest BCUT2D eigenvalue weighted by molar-refractivity contribution is 6.02. The largest absolute Gasteiger partial charge is 0.508 e. The van der Waals surface area contributed by atoms with Gasteiger partial charge in [0.25, 0.3) is 0 Å². The van der Waals surface area contributed by atoms with E-state index in [1.54, 1.807) is 31.2 Å². The van der Waals surface area contributed by atoms with E-state index in [1.807, 2.05) is 12.1 Å². The molecule has 3 heteroatoms. The molecule has 0 unspecified atom stereocenters. The van der Waals surface area contributed by atoms with Crippen LogP contribution in [0.2, 0.25) is 0 Å². The number of hydrogen-bond acceptors (Lipinski definition) is 3. The Morgan fingerprint density at radius 3 is 2.33 bits per heavy atom. The summed E-state index contributed by atoms with van der Waals surface area (Å²) in [5.74, 6) is 0.363. The molecule has 0 saturated heterocycles. The molecule has 0 aliphatic rings. The SMILES string of the molecule is Cc1c(O)cc2cc3cc(O)ccc3cc2c1O. The molecular formula is C15H12O3. The molecule has 3 aromatic carbocycles. The van der Waals surface area contributed by atoms with Crippen LogP contribution < -0.4 is 0 Å². The van der Waals surface area contributed by atoms with Crippen LogP contribution in [-0.2, 0) is 0 Å². The van der Waals surface area contributed by atoms with E-state index >= 15 is 0 Å². The molecule has 3 N–H and O–H groups in total. The summed E-state index contributed by atoms with van der Waals surface area (Å²) in [4.78, 5) is 0. The fourth-order valence-corrected chi connectivity index (χ4v) is 2.21. The van der Waals surface area contributed by atoms with Crippen LogP contribution in [0.15, 0.2) is 36.4 Å². The molecule has 0 aliphatic heterocycles. The topological polar surface area (TPSA) is 60.7 Å². The third-order valence-electron chi connectivity index (χ3n) is 3.28. The summed E-state index contributed by atoms with van der Waals surface area (Å²) in [6, 6.07) is 10.4. The van der Waals surface area contributed by atoms with Crippen molar-refractivity contribution in [2.75, 3.05) is 0 Å². The highest BCUT2D eigenvalue weighted by atomic mass is 16.3. The van der Waals surface area contributed by atoms with Crippen molar-refractivity contribution in [3.05, 3.63) is 42.0 Å². The normalized spacial score (nSPS) is 11.2. The molecule has 0 amide bonds. The third kappa shape index (κ3) is 1.44. The van der Waals surface area contributed by atoms with Crippen LogP contribution in [0.25, 0.3) is 21.5 Å². The molecule has 0 aromatic heterocycles. The van der Waals surface area contributed by atoms with Gasteiger partial charge < -0.3 is 15.3 Å². The molecule has 3 aromatic rings. The van der Waals surface area contributed by atoms with Crippen molar-refractivity contribution in [3.8, 4) is 17.2 Å². The van der Waals surface area contributed by atoms with Crippen molar-refractivity contribution in [1.82, 2.24) is 0 Å². The minimum atomic E-state index is 0.0690. The van der Waals surface area contributed by atoms with E-state index in [0.29, 0.717) is 10.9 Å². The fourth-order valence-electron chi connectivity index (χ4n) is 2.21. The first kappa shape index (κ1) is 10.7. The molecule has 0 aliphatic carbocycles. The first-order valence-corrected chi connectivity index (χ1v) is 5.64. The number of aromatic hydroxyl groups is 3. The van der Waals surface area contributed by atoms with Gasteiger partial charge in [-0.1, -0.05) is 6.07 Å². The van der Waals surface area contributed by atoms with Crippen LogP contribution in [0.3, 0.4) is 0 Å². The first-order valence-electron chi connectivity index (χ1n) is 5.64. The molecule has 0 atom stereocenters. The Hall–Kier alpha value is -2.42. The van der Waals surface area contributed by atoms with Crippen molar-refractivity contribution >= 4 is 21.5 Å². The number of benzene rings is 3. The summed E-state index contributed by atoms with van der Waals surface area (Å²) in [5.41, 5.74) is 0.473. The maximum absolute atomic E-state index is 10.0. The third-order valence-corrected chi connectivity index (χ3v) is 3.28. The van der Waals surface area contributed by atoms with Gasteiger partial charge in [-0.05, 0) is 53.4 Å². The van der Waals surface area contributed by atoms with Crippen molar-refractivity contribution < 1.29 is 15.3 Å². The maximum atomic E-state index is 10.0. The summed E-state index contributed by atoms with van der Waals surface area (Å²) in [7, 11) is 0. The predicted octanol–water partition coefficient (Wildman–Crippen LogP) is 3.42. The molecule has 0 spiro atoms. The maximum Gasteiger partial charge on any atom is 0.130 e. The molecule has 3 nitrogen and oxygen atoms in total. The zero-order chi connectivity index (χ0) is 12.9. The van der Waals surface area contributed by atoms with Crippen LogP contribution in [-0.4, -0.2) is 15.3 Å². The average molecular weight is 240 g/mol. The van der Waals surface area contributed by atoms with Crippen LogP contribution in [0, 0.1) is 6.92 Å². The zero-order valence-corrected chi connectivity index (χ0v) is 9.81. The second-order valence-corrected chi connectivity index (χ2v) is 4.47. The smallest absolute Gasteiger partial charge is 0.130 e. The molecule has 0 radical (unpaired) electrons. The van der Waals surface area contributed by atoms with Crippen molar-refractivity contribution in [1.29, 1.82) is 0 Å². The fraction of sp³-hybridized carbons (Fsp3) is 0.0667. The quantitative estimate of drug-likeness (QED) is 0.528. The van der Waals surface area contributed by atoms with E-state index in [-0.39, 0.29) is 17.2 Å². The standard InChI is InChI=1S/C15H12O3/c1-8-14(17)7-11-4-10-5-12(16)3-2-9(10)6-13(11)15(8)18/h2-7,16-18H,1H3. The minimum absolute atomic E-state index is 0.0690. The van der Waals surface area contributed by atoms with E-state index in [4.69, 9.17) is 0 Å². The van der Waals surface area contributed by atoms with Crippen LogP contribution >= 0.6 is 0 Å². The molecule has 0 saturated carbocycles. The van der Waals surface area contributed by atoms with Crippen LogP contribution in [0.4, 0.5) is 0 Å². The van der Waals surface area contributed by atoms with Gasteiger partial charge in [-0.2, -0.15) is 0 Å². The second-order valence-electron chi connectivity index (χ2n) is 4.47. The van der Waals surface area contributed by atoms with Gasteiger partial charge in [-0.3, -0.25) is 0 Å². The minimum Gasteiger partial charge on any atom is -0.508 e. The van der Waals surface area contributed by atoms with Crippen LogP contribution in [0.1, 0.15) is 5.56 Å². The number of phenolic OH excluding ortho intramolecular Hbond substituents is 3. The van der Waals surface area contributed by atoms with Gasteiger partial charge in [0.2, 0.25) is 0 Å². The van der Waals surface area contributed by atoms with E-state index in [9.17, 15) is 15.3 Å². The lowest BCUT2D eigenvalue weighted by molar-refractivity contribution is 0.448. The highest BCUT2D eigenvalue weighted by Gasteiger charge is 2.09. The Bertz CT molecular complexity index is 776. The average Bonchev–Trinajstić information content (AvgIpc) is 2.34. The summed E-state index contributed by atoms with van der Waals surface area (Å²) >= 11 is 0. The van der Waals surface area contributed by atoms with Gasteiger partial charge in [-0.15, -0.1) is 0 Å². The van der Waals surface area contributed by atoms with E-state index in [1.165, 1.54) is 0 Å². The Morgan fingerprint density at radius 2 is 1.56 bits per heavy atom. The Balaban J connectivity index is 2.49. The number of hydrogen-bond donors (Lipinski definition) is 3. The summed E-state index contributed by atoms with van der Waals surface area (Å²) in [5, 5.41) is 32.5. The number of fused-ring (bicyclic) bond motifs is 2. The van der Waals surface area contributed by atoms with Gasteiger partial charge in [-0.25, -0.2) is 0 Å². The van der Waals surface area contributed by atoms with Gasteiger partial charge in [0.05, 0.1) is 0 Å². The summed E-state index contributed by atoms with van der Waals surface area (Å²) in [6.07, 6.45) is 0. The van der Waals surface area contributed by atoms with E-state index in [2.05, 4.69) is 0 Å². The molecule has 0 heterocycles. The lowest BCUT2D eigenvalue weighted by Crippen LogP contribution is -1.82.